The van der Waals surface area contributed by atoms with Crippen molar-refractivity contribution in [1.29, 1.82) is 0 Å². The van der Waals surface area contributed by atoms with Gasteiger partial charge in [-0.15, -0.1) is 0 Å². The lowest BCUT2D eigenvalue weighted by molar-refractivity contribution is -0.164. The molecule has 2 aliphatic heterocycles. The van der Waals surface area contributed by atoms with Crippen LogP contribution in [0.15, 0.2) is 24.3 Å². The van der Waals surface area contributed by atoms with Gasteiger partial charge in [0.05, 0.1) is 6.04 Å². The molecular weight excluding hydrogens is 318 g/mol. The number of phenolic OH excluding ortho intramolecular Hbond substituents is 1. The predicted molar refractivity (Wildman–Crippen MR) is 78.8 cm³/mol. The Morgan fingerprint density at radius 1 is 1.21 bits per heavy atom. The van der Waals surface area contributed by atoms with Crippen molar-refractivity contribution in [2.45, 2.75) is 25.2 Å². The van der Waals surface area contributed by atoms with E-state index in [1.54, 1.807) is 0 Å². The number of aromatic hydroxyl groups is 1. The zero-order valence-electron chi connectivity index (χ0n) is 12.7. The van der Waals surface area contributed by atoms with E-state index in [0.717, 1.165) is 9.80 Å². The molecule has 0 saturated carbocycles. The molecular formula is C15H15N3O6. The number of benzene rings is 1. The average molecular weight is 333 g/mol. The monoisotopic (exact) mass is 333 g/mol. The van der Waals surface area contributed by atoms with Gasteiger partial charge in [-0.25, -0.2) is 4.79 Å². The van der Waals surface area contributed by atoms with Crippen LogP contribution in [0.2, 0.25) is 0 Å². The Kier molecular flexibility index (Phi) is 3.63. The van der Waals surface area contributed by atoms with Crippen LogP contribution in [-0.4, -0.2) is 68.5 Å². The molecule has 0 aromatic heterocycles. The van der Waals surface area contributed by atoms with Gasteiger partial charge in [-0.1, -0.05) is 0 Å². The van der Waals surface area contributed by atoms with Crippen molar-refractivity contribution in [1.82, 2.24) is 15.1 Å². The second-order valence-corrected chi connectivity index (χ2v) is 5.69. The maximum atomic E-state index is 12.2. The minimum absolute atomic E-state index is 0.00892. The van der Waals surface area contributed by atoms with Crippen LogP contribution in [-0.2, 0) is 14.4 Å². The fourth-order valence-corrected chi connectivity index (χ4v) is 3.06. The molecule has 0 bridgehead atoms. The van der Waals surface area contributed by atoms with E-state index in [1.165, 1.54) is 31.2 Å². The Labute approximate surface area is 136 Å². The van der Waals surface area contributed by atoms with Gasteiger partial charge < -0.3 is 25.3 Å². The molecule has 126 valence electrons. The average Bonchev–Trinajstić information content (AvgIpc) is 2.89. The predicted octanol–water partition coefficient (Wildman–Crippen LogP) is -1.03. The van der Waals surface area contributed by atoms with Gasteiger partial charge in [-0.05, 0) is 24.3 Å². The standard InChI is InChI=1S/C15H15N3O6/c1-7(19)17-6-10-11(14(22)18(10)13(17)15(23)24)16-12(21)8-2-4-9(20)5-3-8/h2-5,10-11,13,20H,6H2,1H3,(H,16,21)(H,23,24)/t10?,11-,13?/m1/s1. The normalized spacial score (nSPS) is 25.0. The molecule has 2 aliphatic rings. The number of amides is 3. The van der Waals surface area contributed by atoms with Crippen LogP contribution in [0.1, 0.15) is 17.3 Å². The highest BCUT2D eigenvalue weighted by Gasteiger charge is 2.60. The van der Waals surface area contributed by atoms with Crippen molar-refractivity contribution in [3.8, 4) is 5.75 Å². The zero-order chi connectivity index (χ0) is 17.6. The number of nitrogens with zero attached hydrogens (tertiary/aromatic N) is 2. The molecule has 24 heavy (non-hydrogen) atoms. The Bertz CT molecular complexity index is 731. The number of nitrogens with one attached hydrogen (secondary N) is 1. The number of aliphatic carboxylic acids is 1. The Morgan fingerprint density at radius 3 is 2.38 bits per heavy atom. The summed E-state index contributed by atoms with van der Waals surface area (Å²) in [5, 5.41) is 21.0. The molecule has 1 aromatic carbocycles. The molecule has 0 aliphatic carbocycles. The summed E-state index contributed by atoms with van der Waals surface area (Å²) in [6, 6.07) is 4.06. The van der Waals surface area contributed by atoms with Crippen molar-refractivity contribution >= 4 is 23.7 Å². The topological polar surface area (TPSA) is 127 Å². The molecule has 2 unspecified atom stereocenters. The number of hydrogen-bond donors (Lipinski definition) is 3. The lowest BCUT2D eigenvalue weighted by Gasteiger charge is -2.43. The third-order valence-electron chi connectivity index (χ3n) is 4.25. The maximum Gasteiger partial charge on any atom is 0.347 e. The van der Waals surface area contributed by atoms with Crippen LogP contribution in [0, 0.1) is 0 Å². The summed E-state index contributed by atoms with van der Waals surface area (Å²) < 4.78 is 0. The zero-order valence-corrected chi connectivity index (χ0v) is 12.7. The highest BCUT2D eigenvalue weighted by atomic mass is 16.4. The number of carboxylic acids is 1. The second-order valence-electron chi connectivity index (χ2n) is 5.69. The molecule has 0 spiro atoms. The number of carboxylic acid groups (broad SMARTS) is 1. The van der Waals surface area contributed by atoms with Gasteiger partial charge in [-0.2, -0.15) is 0 Å². The fraction of sp³-hybridized carbons (Fsp3) is 0.333. The highest BCUT2D eigenvalue weighted by molar-refractivity contribution is 6.02. The number of β-lactam (4-membered cyclic amide) rings is 1. The van der Waals surface area contributed by atoms with E-state index in [2.05, 4.69) is 5.32 Å². The number of fused-ring (bicyclic) bond motifs is 1. The maximum absolute atomic E-state index is 12.2. The third-order valence-corrected chi connectivity index (χ3v) is 4.25. The van der Waals surface area contributed by atoms with E-state index in [1.807, 2.05) is 0 Å². The molecule has 3 atom stereocenters. The summed E-state index contributed by atoms with van der Waals surface area (Å²) in [6.45, 7) is 1.29. The number of phenols is 1. The largest absolute Gasteiger partial charge is 0.508 e. The summed E-state index contributed by atoms with van der Waals surface area (Å²) in [5.41, 5.74) is 0.259. The summed E-state index contributed by atoms with van der Waals surface area (Å²) in [5.74, 6) is -2.78. The van der Waals surface area contributed by atoms with Crippen LogP contribution in [0.5, 0.6) is 5.75 Å². The van der Waals surface area contributed by atoms with Gasteiger partial charge in [0.1, 0.15) is 11.8 Å². The first kappa shape index (κ1) is 15.8. The van der Waals surface area contributed by atoms with Crippen LogP contribution in [0.25, 0.3) is 0 Å². The molecule has 2 fully saturated rings. The number of rotatable bonds is 3. The molecule has 3 rings (SSSR count). The van der Waals surface area contributed by atoms with Crippen LogP contribution in [0.4, 0.5) is 0 Å². The van der Waals surface area contributed by atoms with Crippen molar-refractivity contribution in [3.05, 3.63) is 29.8 Å². The molecule has 2 heterocycles. The molecule has 9 nitrogen and oxygen atoms in total. The van der Waals surface area contributed by atoms with E-state index in [-0.39, 0.29) is 17.9 Å². The molecule has 9 heteroatoms. The minimum Gasteiger partial charge on any atom is -0.508 e. The lowest BCUT2D eigenvalue weighted by atomic mass is 9.96. The Morgan fingerprint density at radius 2 is 1.83 bits per heavy atom. The molecule has 3 amide bonds. The minimum atomic E-state index is -1.33. The smallest absolute Gasteiger partial charge is 0.347 e. The van der Waals surface area contributed by atoms with Gasteiger partial charge in [0.2, 0.25) is 18.0 Å². The van der Waals surface area contributed by atoms with Crippen LogP contribution in [0.3, 0.4) is 0 Å². The Balaban J connectivity index is 1.75. The Hall–Kier alpha value is -3.10. The van der Waals surface area contributed by atoms with Crippen molar-refractivity contribution < 1.29 is 29.4 Å². The van der Waals surface area contributed by atoms with Gasteiger partial charge in [0.15, 0.2) is 0 Å². The first-order chi connectivity index (χ1) is 11.3. The molecule has 2 saturated heterocycles. The molecule has 0 radical (unpaired) electrons. The van der Waals surface area contributed by atoms with E-state index in [4.69, 9.17) is 0 Å². The summed E-state index contributed by atoms with van der Waals surface area (Å²) in [7, 11) is 0. The van der Waals surface area contributed by atoms with Gasteiger partial charge in [-0.3, -0.25) is 14.4 Å². The first-order valence-corrected chi connectivity index (χ1v) is 7.23. The van der Waals surface area contributed by atoms with Crippen molar-refractivity contribution in [2.75, 3.05) is 6.54 Å². The third kappa shape index (κ3) is 2.34. The van der Waals surface area contributed by atoms with Gasteiger partial charge in [0, 0.05) is 19.0 Å². The van der Waals surface area contributed by atoms with E-state index in [9.17, 15) is 29.4 Å². The number of carbonyl (C=O) groups is 4. The van der Waals surface area contributed by atoms with Crippen LogP contribution < -0.4 is 5.32 Å². The fourth-order valence-electron chi connectivity index (χ4n) is 3.06. The van der Waals surface area contributed by atoms with Gasteiger partial charge >= 0.3 is 5.97 Å². The van der Waals surface area contributed by atoms with E-state index >= 15 is 0 Å². The second kappa shape index (κ2) is 5.52. The van der Waals surface area contributed by atoms with E-state index in [0.29, 0.717) is 0 Å². The molecule has 1 aromatic rings. The van der Waals surface area contributed by atoms with E-state index < -0.39 is 41.9 Å². The summed E-state index contributed by atoms with van der Waals surface area (Å²) >= 11 is 0. The SMILES string of the molecule is CC(=O)N1CC2[C@@H](NC(=O)c3ccc(O)cc3)C(=O)N2C1C(=O)O. The highest BCUT2D eigenvalue weighted by Crippen LogP contribution is 2.32. The van der Waals surface area contributed by atoms with Gasteiger partial charge in [0.25, 0.3) is 5.91 Å². The number of hydrogen-bond acceptors (Lipinski definition) is 5. The van der Waals surface area contributed by atoms with Crippen molar-refractivity contribution in [3.63, 3.8) is 0 Å². The summed E-state index contributed by atoms with van der Waals surface area (Å²) in [6.07, 6.45) is -1.33. The molecule has 3 N–H and O–H groups in total. The lowest BCUT2D eigenvalue weighted by Crippen LogP contribution is -2.71. The number of carbonyl (C=O) groups excluding carboxylic acids is 3. The van der Waals surface area contributed by atoms with Crippen molar-refractivity contribution in [2.24, 2.45) is 0 Å². The summed E-state index contributed by atoms with van der Waals surface area (Å²) in [4.78, 5) is 49.5. The van der Waals surface area contributed by atoms with Crippen LogP contribution >= 0.6 is 0 Å². The quantitative estimate of drug-likeness (QED) is 0.607. The first-order valence-electron chi connectivity index (χ1n) is 7.23.